The van der Waals surface area contributed by atoms with Crippen molar-refractivity contribution in [1.29, 1.82) is 5.26 Å². The van der Waals surface area contributed by atoms with Crippen LogP contribution in [0.5, 0.6) is 0 Å². The number of amides is 1. The number of fused-ring (bicyclic) bond motifs is 2. The molecule has 2 aromatic carbocycles. The van der Waals surface area contributed by atoms with Crippen LogP contribution < -0.4 is 5.32 Å². The lowest BCUT2D eigenvalue weighted by atomic mass is 10.0. The Balaban J connectivity index is 1.69. The molecule has 3 aromatic rings. The maximum absolute atomic E-state index is 13.4. The summed E-state index contributed by atoms with van der Waals surface area (Å²) in [5.74, 6) is 0.167. The van der Waals surface area contributed by atoms with Crippen molar-refractivity contribution < 1.29 is 4.79 Å². The number of hydrogen-bond acceptors (Lipinski definition) is 3. The molecule has 2 atom stereocenters. The maximum atomic E-state index is 13.4. The first-order valence-electron chi connectivity index (χ1n) is 10.1. The molecule has 1 aromatic heterocycles. The van der Waals surface area contributed by atoms with Crippen LogP contribution in [0.25, 0.3) is 10.9 Å². The molecule has 0 saturated carbocycles. The Kier molecular flexibility index (Phi) is 5.55. The number of hydrogen-bond donors (Lipinski definition) is 1. The van der Waals surface area contributed by atoms with E-state index in [-0.39, 0.29) is 17.9 Å². The van der Waals surface area contributed by atoms with E-state index in [1.165, 1.54) is 5.56 Å². The molecule has 1 unspecified atom stereocenters. The van der Waals surface area contributed by atoms with E-state index in [0.717, 1.165) is 29.4 Å². The monoisotopic (exact) mass is 420 g/mol. The third-order valence-corrected chi connectivity index (χ3v) is 6.11. The summed E-state index contributed by atoms with van der Waals surface area (Å²) in [6, 6.07) is 15.5. The van der Waals surface area contributed by atoms with E-state index in [4.69, 9.17) is 11.6 Å². The van der Waals surface area contributed by atoms with Crippen LogP contribution in [0.4, 0.5) is 0 Å². The van der Waals surface area contributed by atoms with Crippen LogP contribution in [0.1, 0.15) is 40.1 Å². The zero-order valence-electron chi connectivity index (χ0n) is 17.4. The van der Waals surface area contributed by atoms with Crippen molar-refractivity contribution in [2.45, 2.75) is 25.9 Å². The van der Waals surface area contributed by atoms with Crippen LogP contribution in [0.2, 0.25) is 5.02 Å². The summed E-state index contributed by atoms with van der Waals surface area (Å²) in [4.78, 5) is 15.5. The molecule has 1 aliphatic carbocycles. The van der Waals surface area contributed by atoms with Crippen LogP contribution >= 0.6 is 11.6 Å². The van der Waals surface area contributed by atoms with Crippen LogP contribution in [0.3, 0.4) is 0 Å². The van der Waals surface area contributed by atoms with E-state index in [2.05, 4.69) is 27.8 Å². The molecule has 1 amide bonds. The van der Waals surface area contributed by atoms with E-state index < -0.39 is 0 Å². The van der Waals surface area contributed by atoms with E-state index >= 15 is 0 Å². The highest BCUT2D eigenvalue weighted by Gasteiger charge is 2.31. The van der Waals surface area contributed by atoms with Gasteiger partial charge in [0.25, 0.3) is 5.91 Å². The van der Waals surface area contributed by atoms with Gasteiger partial charge in [-0.15, -0.1) is 0 Å². The number of benzene rings is 2. The molecule has 6 heteroatoms. The second-order valence-electron chi connectivity index (χ2n) is 8.35. The minimum absolute atomic E-state index is 0.104. The van der Waals surface area contributed by atoms with Crippen molar-refractivity contribution in [2.75, 3.05) is 20.6 Å². The van der Waals surface area contributed by atoms with Gasteiger partial charge in [-0.2, -0.15) is 5.26 Å². The molecule has 0 aliphatic heterocycles. The zero-order chi connectivity index (χ0) is 21.4. The van der Waals surface area contributed by atoms with Crippen LogP contribution in [0, 0.1) is 17.2 Å². The van der Waals surface area contributed by atoms with Crippen LogP contribution in [0.15, 0.2) is 42.5 Å². The topological polar surface area (TPSA) is 61.1 Å². The van der Waals surface area contributed by atoms with Crippen LogP contribution in [-0.4, -0.2) is 36.0 Å². The molecular weight excluding hydrogens is 396 g/mol. The van der Waals surface area contributed by atoms with Gasteiger partial charge >= 0.3 is 0 Å². The van der Waals surface area contributed by atoms with Crippen molar-refractivity contribution in [1.82, 2.24) is 14.8 Å². The molecule has 5 nitrogen and oxygen atoms in total. The van der Waals surface area contributed by atoms with Gasteiger partial charge in [0.15, 0.2) is 0 Å². The summed E-state index contributed by atoms with van der Waals surface area (Å²) < 4.78 is 2.06. The first-order chi connectivity index (χ1) is 14.4. The number of nitriles is 1. The number of halogens is 1. The number of carbonyl (C=O) groups is 1. The fraction of sp³-hybridized carbons (Fsp3) is 0.333. The van der Waals surface area contributed by atoms with E-state index in [1.807, 2.05) is 56.6 Å². The normalized spacial score (nSPS) is 17.9. The minimum atomic E-state index is -0.107. The summed E-state index contributed by atoms with van der Waals surface area (Å²) in [7, 11) is 4.04. The number of carbonyl (C=O) groups excluding carboxylic acids is 1. The number of nitrogens with zero attached hydrogens (tertiary/aromatic N) is 3. The molecule has 0 bridgehead atoms. The minimum Gasteiger partial charge on any atom is -0.344 e. The molecular formula is C24H25ClN4O. The quantitative estimate of drug-likeness (QED) is 0.665. The van der Waals surface area contributed by atoms with Crippen molar-refractivity contribution in [3.8, 4) is 6.07 Å². The molecule has 0 saturated heterocycles. The Labute approximate surface area is 181 Å². The molecule has 1 aliphatic rings. The second-order valence-corrected chi connectivity index (χ2v) is 8.78. The zero-order valence-corrected chi connectivity index (χ0v) is 18.2. The van der Waals surface area contributed by atoms with Gasteiger partial charge < -0.3 is 14.8 Å². The predicted molar refractivity (Wildman–Crippen MR) is 120 cm³/mol. The molecule has 0 radical (unpaired) electrons. The van der Waals surface area contributed by atoms with Crippen molar-refractivity contribution in [3.05, 3.63) is 69.9 Å². The summed E-state index contributed by atoms with van der Waals surface area (Å²) in [6.07, 6.45) is 0.894. The smallest absolute Gasteiger partial charge is 0.268 e. The first-order valence-corrected chi connectivity index (χ1v) is 10.5. The van der Waals surface area contributed by atoms with Gasteiger partial charge in [0, 0.05) is 29.0 Å². The molecule has 30 heavy (non-hydrogen) atoms. The van der Waals surface area contributed by atoms with Gasteiger partial charge in [0.1, 0.15) is 5.69 Å². The number of rotatable bonds is 5. The third kappa shape index (κ3) is 3.81. The fourth-order valence-corrected chi connectivity index (χ4v) is 4.50. The Morgan fingerprint density at radius 1 is 1.27 bits per heavy atom. The summed E-state index contributed by atoms with van der Waals surface area (Å²) in [6.45, 7) is 3.66. The lowest BCUT2D eigenvalue weighted by Crippen LogP contribution is -2.32. The lowest BCUT2D eigenvalue weighted by molar-refractivity contribution is 0.0917. The molecule has 154 valence electrons. The third-order valence-electron chi connectivity index (χ3n) is 5.87. The molecule has 1 heterocycles. The predicted octanol–water partition coefficient (Wildman–Crippen LogP) is 4.39. The second kappa shape index (κ2) is 8.14. The Morgan fingerprint density at radius 3 is 2.80 bits per heavy atom. The molecule has 0 spiro atoms. The standard InChI is InChI=1S/C24H25ClN4O/c1-15-10-17-5-4-16(14-26)11-20(17)23(15)27-24(30)22-13-18-12-19(25)6-7-21(18)29(22)9-8-28(2)3/h4-7,11-13,15,23H,8-10H2,1-3H3,(H,27,30)/t15?,23-/m1/s1. The average Bonchev–Trinajstić information content (AvgIpc) is 3.22. The maximum Gasteiger partial charge on any atom is 0.268 e. The van der Waals surface area contributed by atoms with Gasteiger partial charge in [-0.05, 0) is 74.0 Å². The molecule has 1 N–H and O–H groups in total. The number of likely N-dealkylation sites (N-methyl/N-ethyl adjacent to an activating group) is 1. The Hall–Kier alpha value is -2.81. The lowest BCUT2D eigenvalue weighted by Gasteiger charge is -2.20. The molecule has 4 rings (SSSR count). The summed E-state index contributed by atoms with van der Waals surface area (Å²) >= 11 is 6.18. The fourth-order valence-electron chi connectivity index (χ4n) is 4.32. The van der Waals surface area contributed by atoms with Gasteiger partial charge in [-0.3, -0.25) is 4.79 Å². The van der Waals surface area contributed by atoms with Gasteiger partial charge in [0.2, 0.25) is 0 Å². The highest BCUT2D eigenvalue weighted by atomic mass is 35.5. The Morgan fingerprint density at radius 2 is 2.07 bits per heavy atom. The van der Waals surface area contributed by atoms with Gasteiger partial charge in [-0.1, -0.05) is 24.6 Å². The van der Waals surface area contributed by atoms with E-state index in [1.54, 1.807) is 0 Å². The SMILES string of the molecule is CC1Cc2ccc(C#N)cc2[C@@H]1NC(=O)c1cc2cc(Cl)ccc2n1CCN(C)C. The van der Waals surface area contributed by atoms with E-state index in [0.29, 0.717) is 22.8 Å². The highest BCUT2D eigenvalue weighted by molar-refractivity contribution is 6.31. The highest BCUT2D eigenvalue weighted by Crippen LogP contribution is 2.37. The van der Waals surface area contributed by atoms with E-state index in [9.17, 15) is 10.1 Å². The number of aromatic nitrogens is 1. The first kappa shape index (κ1) is 20.5. The summed E-state index contributed by atoms with van der Waals surface area (Å²) in [5, 5.41) is 14.1. The molecule has 0 fully saturated rings. The van der Waals surface area contributed by atoms with Gasteiger partial charge in [0.05, 0.1) is 17.7 Å². The summed E-state index contributed by atoms with van der Waals surface area (Å²) in [5.41, 5.74) is 4.50. The number of nitrogens with one attached hydrogen (secondary N) is 1. The van der Waals surface area contributed by atoms with Crippen LogP contribution in [-0.2, 0) is 13.0 Å². The van der Waals surface area contributed by atoms with Crippen molar-refractivity contribution in [3.63, 3.8) is 0 Å². The van der Waals surface area contributed by atoms with Crippen molar-refractivity contribution >= 4 is 28.4 Å². The van der Waals surface area contributed by atoms with Gasteiger partial charge in [-0.25, -0.2) is 0 Å². The van der Waals surface area contributed by atoms with Crippen molar-refractivity contribution in [2.24, 2.45) is 5.92 Å². The Bertz CT molecular complexity index is 1160. The average molecular weight is 421 g/mol. The largest absolute Gasteiger partial charge is 0.344 e.